The van der Waals surface area contributed by atoms with Crippen molar-refractivity contribution in [3.05, 3.63) is 52.5 Å². The van der Waals surface area contributed by atoms with Crippen LogP contribution in [0, 0.1) is 13.8 Å². The van der Waals surface area contributed by atoms with Crippen molar-refractivity contribution in [3.63, 3.8) is 0 Å². The summed E-state index contributed by atoms with van der Waals surface area (Å²) in [6.07, 6.45) is 4.90. The van der Waals surface area contributed by atoms with Gasteiger partial charge in [-0.2, -0.15) is 0 Å². The van der Waals surface area contributed by atoms with Crippen molar-refractivity contribution in [1.29, 1.82) is 0 Å². The third-order valence-electron chi connectivity index (χ3n) is 3.21. The van der Waals surface area contributed by atoms with Gasteiger partial charge in [0.1, 0.15) is 0 Å². The number of nitrogens with one attached hydrogen (secondary N) is 1. The van der Waals surface area contributed by atoms with Gasteiger partial charge in [0, 0.05) is 41.6 Å². The van der Waals surface area contributed by atoms with E-state index in [1.54, 1.807) is 26.2 Å². The Morgan fingerprint density at radius 2 is 2.05 bits per heavy atom. The fraction of sp³-hybridized carbons (Fsp3) is 0.333. The van der Waals surface area contributed by atoms with Crippen LogP contribution >= 0.6 is 11.8 Å². The summed E-state index contributed by atoms with van der Waals surface area (Å²) in [6.45, 7) is 4.38. The minimum atomic E-state index is -0.0633. The Hall–Kier alpha value is -2.15. The van der Waals surface area contributed by atoms with Crippen LogP contribution in [0.25, 0.3) is 0 Å². The van der Waals surface area contributed by atoms with Gasteiger partial charge in [-0.15, -0.1) is 11.8 Å². The molecular formula is C15H18N4O2S. The lowest BCUT2D eigenvalue weighted by Crippen LogP contribution is -2.32. The Morgan fingerprint density at radius 1 is 1.32 bits per heavy atom. The Labute approximate surface area is 133 Å². The average Bonchev–Trinajstić information content (AvgIpc) is 2.54. The molecule has 0 fully saturated rings. The lowest BCUT2D eigenvalue weighted by molar-refractivity contribution is -0.118. The molecule has 2 rings (SSSR count). The SMILES string of the molecule is Cc1ncn(CCNC(=O)CSc2ccncc2)c(=O)c1C. The molecule has 0 bridgehead atoms. The number of carbonyl (C=O) groups excluding carboxylic acids is 1. The Kier molecular flexibility index (Phi) is 5.71. The summed E-state index contributed by atoms with van der Waals surface area (Å²) >= 11 is 1.45. The molecule has 0 saturated carbocycles. The Morgan fingerprint density at radius 3 is 2.77 bits per heavy atom. The van der Waals surface area contributed by atoms with E-state index in [0.29, 0.717) is 24.4 Å². The van der Waals surface area contributed by atoms with Crippen molar-refractivity contribution in [3.8, 4) is 0 Å². The highest BCUT2D eigenvalue weighted by atomic mass is 32.2. The van der Waals surface area contributed by atoms with Crippen molar-refractivity contribution in [1.82, 2.24) is 19.9 Å². The standard InChI is InChI=1S/C15H18N4O2S/c1-11-12(2)18-10-19(15(11)21)8-7-17-14(20)9-22-13-3-5-16-6-4-13/h3-6,10H,7-9H2,1-2H3,(H,17,20). The van der Waals surface area contributed by atoms with Crippen LogP contribution in [0.1, 0.15) is 11.3 Å². The van der Waals surface area contributed by atoms with Crippen LogP contribution in [-0.2, 0) is 11.3 Å². The molecule has 1 amide bonds. The first-order chi connectivity index (χ1) is 10.6. The van der Waals surface area contributed by atoms with E-state index in [-0.39, 0.29) is 11.5 Å². The molecule has 0 saturated heterocycles. The molecule has 0 unspecified atom stereocenters. The van der Waals surface area contributed by atoms with Crippen LogP contribution in [0.5, 0.6) is 0 Å². The Bertz CT molecular complexity index is 700. The predicted octanol–water partition coefficient (Wildman–Crippen LogP) is 1.16. The lowest BCUT2D eigenvalue weighted by Gasteiger charge is -2.09. The largest absolute Gasteiger partial charge is 0.354 e. The van der Waals surface area contributed by atoms with Crippen LogP contribution < -0.4 is 10.9 Å². The quantitative estimate of drug-likeness (QED) is 0.809. The number of rotatable bonds is 6. The number of nitrogens with zero attached hydrogens (tertiary/aromatic N) is 3. The molecule has 7 heteroatoms. The van der Waals surface area contributed by atoms with Crippen LogP contribution in [-0.4, -0.2) is 32.7 Å². The number of amides is 1. The van der Waals surface area contributed by atoms with E-state index < -0.39 is 0 Å². The molecule has 0 aliphatic carbocycles. The second kappa shape index (κ2) is 7.74. The van der Waals surface area contributed by atoms with Gasteiger partial charge in [-0.05, 0) is 26.0 Å². The molecule has 0 atom stereocenters. The number of pyridine rings is 1. The minimum absolute atomic E-state index is 0.0621. The van der Waals surface area contributed by atoms with Crippen LogP contribution in [0.4, 0.5) is 0 Å². The fourth-order valence-electron chi connectivity index (χ4n) is 1.79. The molecule has 0 radical (unpaired) electrons. The van der Waals surface area contributed by atoms with Gasteiger partial charge >= 0.3 is 0 Å². The summed E-state index contributed by atoms with van der Waals surface area (Å²) in [6, 6.07) is 3.72. The van der Waals surface area contributed by atoms with E-state index in [2.05, 4.69) is 15.3 Å². The summed E-state index contributed by atoms with van der Waals surface area (Å²) < 4.78 is 1.51. The average molecular weight is 318 g/mol. The van der Waals surface area contributed by atoms with Crippen molar-refractivity contribution in [2.45, 2.75) is 25.3 Å². The minimum Gasteiger partial charge on any atom is -0.354 e. The summed E-state index contributed by atoms with van der Waals surface area (Å²) in [4.78, 5) is 32.8. The number of thioether (sulfide) groups is 1. The van der Waals surface area contributed by atoms with Crippen LogP contribution in [0.15, 0.2) is 40.5 Å². The first kappa shape index (κ1) is 16.2. The molecule has 0 aromatic carbocycles. The van der Waals surface area contributed by atoms with E-state index in [9.17, 15) is 9.59 Å². The van der Waals surface area contributed by atoms with Gasteiger partial charge in [-0.3, -0.25) is 19.1 Å². The smallest absolute Gasteiger partial charge is 0.256 e. The topological polar surface area (TPSA) is 76.9 Å². The number of aromatic nitrogens is 3. The van der Waals surface area contributed by atoms with Gasteiger partial charge < -0.3 is 5.32 Å². The molecular weight excluding hydrogens is 300 g/mol. The number of hydrogen-bond donors (Lipinski definition) is 1. The van der Waals surface area contributed by atoms with E-state index in [1.807, 2.05) is 12.1 Å². The van der Waals surface area contributed by atoms with E-state index in [0.717, 1.165) is 10.6 Å². The number of carbonyl (C=O) groups is 1. The monoisotopic (exact) mass is 318 g/mol. The number of aryl methyl sites for hydroxylation is 1. The maximum Gasteiger partial charge on any atom is 0.256 e. The summed E-state index contributed by atoms with van der Waals surface area (Å²) in [5.41, 5.74) is 1.31. The first-order valence-electron chi connectivity index (χ1n) is 6.90. The zero-order valence-electron chi connectivity index (χ0n) is 12.6. The summed E-state index contributed by atoms with van der Waals surface area (Å²) in [7, 11) is 0. The summed E-state index contributed by atoms with van der Waals surface area (Å²) in [5, 5.41) is 2.80. The molecule has 0 spiro atoms. The third-order valence-corrected chi connectivity index (χ3v) is 4.22. The van der Waals surface area contributed by atoms with E-state index in [1.165, 1.54) is 22.7 Å². The normalized spacial score (nSPS) is 10.5. The maximum absolute atomic E-state index is 12.0. The molecule has 0 aliphatic rings. The van der Waals surface area contributed by atoms with Crippen LogP contribution in [0.2, 0.25) is 0 Å². The summed E-state index contributed by atoms with van der Waals surface area (Å²) in [5.74, 6) is 0.274. The molecule has 6 nitrogen and oxygen atoms in total. The fourth-order valence-corrected chi connectivity index (χ4v) is 2.50. The highest BCUT2D eigenvalue weighted by Crippen LogP contribution is 2.15. The highest BCUT2D eigenvalue weighted by molar-refractivity contribution is 8.00. The second-order valence-electron chi connectivity index (χ2n) is 4.78. The van der Waals surface area contributed by atoms with Gasteiger partial charge in [0.15, 0.2) is 0 Å². The van der Waals surface area contributed by atoms with Crippen molar-refractivity contribution in [2.24, 2.45) is 0 Å². The van der Waals surface area contributed by atoms with Crippen molar-refractivity contribution < 1.29 is 4.79 Å². The molecule has 0 aliphatic heterocycles. The molecule has 2 aromatic heterocycles. The van der Waals surface area contributed by atoms with Crippen LogP contribution in [0.3, 0.4) is 0 Å². The van der Waals surface area contributed by atoms with Crippen molar-refractivity contribution in [2.75, 3.05) is 12.3 Å². The third kappa shape index (κ3) is 4.42. The highest BCUT2D eigenvalue weighted by Gasteiger charge is 2.05. The zero-order chi connectivity index (χ0) is 15.9. The molecule has 1 N–H and O–H groups in total. The van der Waals surface area contributed by atoms with Gasteiger partial charge in [-0.1, -0.05) is 0 Å². The van der Waals surface area contributed by atoms with Gasteiger partial charge in [0.25, 0.3) is 5.56 Å². The second-order valence-corrected chi connectivity index (χ2v) is 5.82. The van der Waals surface area contributed by atoms with E-state index in [4.69, 9.17) is 0 Å². The van der Waals surface area contributed by atoms with Gasteiger partial charge in [-0.25, -0.2) is 4.98 Å². The number of hydrogen-bond acceptors (Lipinski definition) is 5. The van der Waals surface area contributed by atoms with E-state index >= 15 is 0 Å². The van der Waals surface area contributed by atoms with Crippen molar-refractivity contribution >= 4 is 17.7 Å². The first-order valence-corrected chi connectivity index (χ1v) is 7.88. The Balaban J connectivity index is 1.78. The zero-order valence-corrected chi connectivity index (χ0v) is 13.4. The molecule has 22 heavy (non-hydrogen) atoms. The molecule has 2 aromatic rings. The van der Waals surface area contributed by atoms with Gasteiger partial charge in [0.05, 0.1) is 12.1 Å². The maximum atomic E-state index is 12.0. The predicted molar refractivity (Wildman–Crippen MR) is 85.9 cm³/mol. The van der Waals surface area contributed by atoms with Gasteiger partial charge in [0.2, 0.25) is 5.91 Å². The lowest BCUT2D eigenvalue weighted by atomic mass is 10.3. The molecule has 116 valence electrons. The molecule has 2 heterocycles.